The lowest BCUT2D eigenvalue weighted by atomic mass is 10.1. The van der Waals surface area contributed by atoms with E-state index in [0.29, 0.717) is 17.9 Å². The molecule has 23 heavy (non-hydrogen) atoms. The highest BCUT2D eigenvalue weighted by atomic mass is 79.9. The second-order valence-corrected chi connectivity index (χ2v) is 6.88. The maximum atomic E-state index is 12.4. The van der Waals surface area contributed by atoms with Gasteiger partial charge >= 0.3 is 0 Å². The zero-order valence-corrected chi connectivity index (χ0v) is 14.4. The summed E-state index contributed by atoms with van der Waals surface area (Å²) >= 11 is 3.33. The number of nitrogens with one attached hydrogen (secondary N) is 1. The molecule has 2 saturated heterocycles. The van der Waals surface area contributed by atoms with Crippen LogP contribution in [-0.4, -0.2) is 43.2 Å². The highest BCUT2D eigenvalue weighted by molar-refractivity contribution is 9.10. The number of aromatic nitrogens is 1. The molecule has 0 aliphatic carbocycles. The van der Waals surface area contributed by atoms with Gasteiger partial charge in [-0.15, -0.1) is 0 Å². The molecule has 1 aromatic heterocycles. The van der Waals surface area contributed by atoms with Crippen LogP contribution in [0.2, 0.25) is 0 Å². The van der Waals surface area contributed by atoms with Gasteiger partial charge in [-0.1, -0.05) is 0 Å². The van der Waals surface area contributed by atoms with Crippen LogP contribution in [0.1, 0.15) is 24.8 Å². The molecule has 1 amide bonds. The second-order valence-electron chi connectivity index (χ2n) is 5.96. The summed E-state index contributed by atoms with van der Waals surface area (Å²) in [6.45, 7) is 2.79. The van der Waals surface area contributed by atoms with Gasteiger partial charge in [0.1, 0.15) is 11.9 Å². The molecule has 3 heterocycles. The Morgan fingerprint density at radius 1 is 1.43 bits per heavy atom. The van der Waals surface area contributed by atoms with E-state index in [1.807, 2.05) is 4.90 Å². The minimum Gasteiger partial charge on any atom is -0.381 e. The molecular weight excluding hydrogens is 360 g/mol. The van der Waals surface area contributed by atoms with E-state index in [1.54, 1.807) is 12.3 Å². The van der Waals surface area contributed by atoms with Gasteiger partial charge in [0.15, 0.2) is 0 Å². The third-order valence-corrected chi connectivity index (χ3v) is 4.81. The molecule has 0 bridgehead atoms. The van der Waals surface area contributed by atoms with Gasteiger partial charge in [0, 0.05) is 43.0 Å². The van der Waals surface area contributed by atoms with Crippen LogP contribution in [0.3, 0.4) is 0 Å². The van der Waals surface area contributed by atoms with Crippen LogP contribution in [-0.2, 0) is 9.53 Å². The third kappa shape index (κ3) is 3.82. The molecule has 0 radical (unpaired) electrons. The lowest BCUT2D eigenvalue weighted by molar-refractivity contribution is -0.125. The zero-order valence-electron chi connectivity index (χ0n) is 12.8. The molecule has 0 aromatic carbocycles. The van der Waals surface area contributed by atoms with Gasteiger partial charge < -0.3 is 15.0 Å². The minimum absolute atomic E-state index is 0.0464. The first-order valence-corrected chi connectivity index (χ1v) is 8.65. The zero-order chi connectivity index (χ0) is 16.2. The Morgan fingerprint density at radius 2 is 2.22 bits per heavy atom. The van der Waals surface area contributed by atoms with Crippen molar-refractivity contribution in [3.05, 3.63) is 22.3 Å². The monoisotopic (exact) mass is 378 g/mol. The quantitative estimate of drug-likeness (QED) is 0.867. The fourth-order valence-corrected chi connectivity index (χ4v) is 3.43. The minimum atomic E-state index is -0.0464. The number of nitrogens with zero attached hydrogens (tertiary/aromatic N) is 3. The van der Waals surface area contributed by atoms with E-state index in [-0.39, 0.29) is 17.9 Å². The van der Waals surface area contributed by atoms with Gasteiger partial charge in [-0.05, 0) is 41.3 Å². The van der Waals surface area contributed by atoms with Crippen molar-refractivity contribution in [2.24, 2.45) is 5.92 Å². The summed E-state index contributed by atoms with van der Waals surface area (Å²) in [7, 11) is 0. The summed E-state index contributed by atoms with van der Waals surface area (Å²) in [4.78, 5) is 18.8. The smallest absolute Gasteiger partial charge is 0.225 e. The number of rotatable bonds is 3. The van der Waals surface area contributed by atoms with Gasteiger partial charge in [0.05, 0.1) is 11.5 Å². The Morgan fingerprint density at radius 3 is 2.96 bits per heavy atom. The number of amides is 1. The highest BCUT2D eigenvalue weighted by Crippen LogP contribution is 2.27. The molecule has 2 fully saturated rings. The summed E-state index contributed by atoms with van der Waals surface area (Å²) < 4.78 is 6.10. The molecule has 3 rings (SSSR count). The van der Waals surface area contributed by atoms with Crippen molar-refractivity contribution in [2.45, 2.75) is 25.3 Å². The normalized spacial score (nSPS) is 21.9. The van der Waals surface area contributed by atoms with Crippen LogP contribution in [0.15, 0.2) is 16.7 Å². The van der Waals surface area contributed by atoms with Crippen molar-refractivity contribution >= 4 is 27.7 Å². The van der Waals surface area contributed by atoms with E-state index in [0.717, 1.165) is 43.5 Å². The molecule has 1 atom stereocenters. The van der Waals surface area contributed by atoms with Gasteiger partial charge in [0.25, 0.3) is 0 Å². The number of anilines is 1. The van der Waals surface area contributed by atoms with Crippen molar-refractivity contribution in [3.63, 3.8) is 0 Å². The van der Waals surface area contributed by atoms with Crippen molar-refractivity contribution in [1.29, 1.82) is 5.26 Å². The highest BCUT2D eigenvalue weighted by Gasteiger charge is 2.31. The first-order valence-electron chi connectivity index (χ1n) is 7.86. The standard InChI is InChI=1S/C16H19BrN4O2/c17-13-7-12(8-18)15(19-9-13)21-4-1-11(10-21)16(22)20-14-2-5-23-6-3-14/h7,9,11,14H,1-6,10H2,(H,20,22). The number of halogens is 1. The first kappa shape index (κ1) is 16.2. The Hall–Kier alpha value is -1.65. The summed E-state index contributed by atoms with van der Waals surface area (Å²) in [5.74, 6) is 0.724. The summed E-state index contributed by atoms with van der Waals surface area (Å²) in [5, 5.41) is 12.4. The number of pyridine rings is 1. The molecule has 6 nitrogen and oxygen atoms in total. The number of nitriles is 1. The fraction of sp³-hybridized carbons (Fsp3) is 0.562. The van der Waals surface area contributed by atoms with Crippen LogP contribution >= 0.6 is 15.9 Å². The maximum Gasteiger partial charge on any atom is 0.225 e. The van der Waals surface area contributed by atoms with Crippen LogP contribution < -0.4 is 10.2 Å². The van der Waals surface area contributed by atoms with E-state index in [2.05, 4.69) is 32.3 Å². The van der Waals surface area contributed by atoms with Crippen molar-refractivity contribution in [1.82, 2.24) is 10.3 Å². The molecule has 1 aromatic rings. The van der Waals surface area contributed by atoms with E-state index in [4.69, 9.17) is 4.74 Å². The SMILES string of the molecule is N#Cc1cc(Br)cnc1N1CCC(C(=O)NC2CCOCC2)C1. The number of hydrogen-bond acceptors (Lipinski definition) is 5. The summed E-state index contributed by atoms with van der Waals surface area (Å²) in [6, 6.07) is 4.16. The molecule has 0 saturated carbocycles. The average molecular weight is 379 g/mol. The van der Waals surface area contributed by atoms with Crippen LogP contribution in [0, 0.1) is 17.2 Å². The van der Waals surface area contributed by atoms with Gasteiger partial charge in [-0.2, -0.15) is 5.26 Å². The molecular formula is C16H19BrN4O2. The van der Waals surface area contributed by atoms with Crippen molar-refractivity contribution in [2.75, 3.05) is 31.2 Å². The molecule has 1 N–H and O–H groups in total. The lowest BCUT2D eigenvalue weighted by Gasteiger charge is -2.24. The van der Waals surface area contributed by atoms with E-state index in [1.165, 1.54) is 0 Å². The number of hydrogen-bond donors (Lipinski definition) is 1. The predicted molar refractivity (Wildman–Crippen MR) is 89.0 cm³/mol. The van der Waals surface area contributed by atoms with Gasteiger partial charge in [-0.3, -0.25) is 4.79 Å². The van der Waals surface area contributed by atoms with Crippen LogP contribution in [0.25, 0.3) is 0 Å². The second kappa shape index (κ2) is 7.28. The Balaban J connectivity index is 1.62. The topological polar surface area (TPSA) is 78.2 Å². The molecule has 1 unspecified atom stereocenters. The van der Waals surface area contributed by atoms with E-state index >= 15 is 0 Å². The third-order valence-electron chi connectivity index (χ3n) is 4.38. The number of ether oxygens (including phenoxy) is 1. The molecule has 2 aliphatic rings. The van der Waals surface area contributed by atoms with E-state index < -0.39 is 0 Å². The Bertz CT molecular complexity index is 625. The first-order chi connectivity index (χ1) is 11.2. The number of carbonyl (C=O) groups excluding carboxylic acids is 1. The van der Waals surface area contributed by atoms with Crippen LogP contribution in [0.5, 0.6) is 0 Å². The van der Waals surface area contributed by atoms with Crippen LogP contribution in [0.4, 0.5) is 5.82 Å². The lowest BCUT2D eigenvalue weighted by Crippen LogP contribution is -2.42. The van der Waals surface area contributed by atoms with Gasteiger partial charge in [0.2, 0.25) is 5.91 Å². The van der Waals surface area contributed by atoms with E-state index in [9.17, 15) is 10.1 Å². The van der Waals surface area contributed by atoms with Crippen molar-refractivity contribution < 1.29 is 9.53 Å². The maximum absolute atomic E-state index is 12.4. The largest absolute Gasteiger partial charge is 0.381 e. The molecule has 122 valence electrons. The van der Waals surface area contributed by atoms with Gasteiger partial charge in [-0.25, -0.2) is 4.98 Å². The number of carbonyl (C=O) groups is 1. The summed E-state index contributed by atoms with van der Waals surface area (Å²) in [5.41, 5.74) is 0.532. The summed E-state index contributed by atoms with van der Waals surface area (Å²) in [6.07, 6.45) is 4.24. The molecule has 2 aliphatic heterocycles. The Kier molecular flexibility index (Phi) is 5.13. The average Bonchev–Trinajstić information content (AvgIpc) is 3.05. The van der Waals surface area contributed by atoms with Crippen molar-refractivity contribution in [3.8, 4) is 6.07 Å². The molecule has 0 spiro atoms. The molecule has 7 heteroatoms. The Labute approximate surface area is 143 Å². The fourth-order valence-electron chi connectivity index (χ4n) is 3.09. The predicted octanol–water partition coefficient (Wildman–Crippen LogP) is 1.84.